The molecule has 2 aliphatic rings. The van der Waals surface area contributed by atoms with E-state index in [4.69, 9.17) is 4.42 Å². The van der Waals surface area contributed by atoms with Gasteiger partial charge < -0.3 is 18.8 Å². The van der Waals surface area contributed by atoms with Gasteiger partial charge in [0.15, 0.2) is 5.58 Å². The number of para-hydroxylation sites is 4. The number of aromatic nitrogens is 1. The van der Waals surface area contributed by atoms with Crippen LogP contribution in [0.3, 0.4) is 0 Å². The van der Waals surface area contributed by atoms with Crippen LogP contribution in [-0.4, -0.2) is 4.57 Å². The summed E-state index contributed by atoms with van der Waals surface area (Å²) < 4.78 is 9.19. The summed E-state index contributed by atoms with van der Waals surface area (Å²) >= 11 is 0. The minimum absolute atomic E-state index is 0.0384. The molecule has 350 valence electrons. The second-order valence-electron chi connectivity index (χ2n) is 19.9. The van der Waals surface area contributed by atoms with Crippen molar-refractivity contribution in [3.63, 3.8) is 0 Å². The Labute approximate surface area is 429 Å². The fourth-order valence-electron chi connectivity index (χ4n) is 12.5. The third-order valence-corrected chi connectivity index (χ3v) is 15.8. The van der Waals surface area contributed by atoms with Crippen LogP contribution in [0, 0.1) is 0 Å². The number of rotatable bonds is 8. The summed E-state index contributed by atoms with van der Waals surface area (Å²) in [6.07, 6.45) is 7.38. The number of anilines is 4. The first-order chi connectivity index (χ1) is 36.7. The Morgan fingerprint density at radius 1 is 0.432 bits per heavy atom. The highest BCUT2D eigenvalue weighted by Crippen LogP contribution is 2.49. The number of nitrogens with zero attached hydrogens (tertiary/aromatic N) is 3. The van der Waals surface area contributed by atoms with E-state index in [9.17, 15) is 0 Å². The molecule has 0 fully saturated rings. The molecule has 2 aromatic heterocycles. The molecule has 2 heterocycles. The van der Waals surface area contributed by atoms with Gasteiger partial charge in [-0.3, -0.25) is 0 Å². The van der Waals surface area contributed by atoms with Crippen LogP contribution >= 0.6 is 0 Å². The SMILES string of the molecule is C1=C(c2ccc(N(c3cccc4c3oc3ccccc34)C3Cc4ccccc4-c4ccccc43)cc2)CCC(N(c2ccc3c(c2)c2ccccc2n3-c2ccccc2)c2cc3ccccc3c3ccccc23)=C1. The molecule has 0 bridgehead atoms. The van der Waals surface area contributed by atoms with E-state index in [1.807, 2.05) is 0 Å². The highest BCUT2D eigenvalue weighted by molar-refractivity contribution is 6.15. The lowest BCUT2D eigenvalue weighted by Crippen LogP contribution is -2.28. The minimum atomic E-state index is 0.0384. The lowest BCUT2D eigenvalue weighted by atomic mass is 9.81. The number of allylic oxidation sites excluding steroid dienone is 4. The molecule has 13 aromatic rings. The van der Waals surface area contributed by atoms with Gasteiger partial charge in [0.1, 0.15) is 5.58 Å². The first-order valence-corrected chi connectivity index (χ1v) is 25.9. The van der Waals surface area contributed by atoms with Gasteiger partial charge in [0.2, 0.25) is 0 Å². The maximum atomic E-state index is 6.79. The van der Waals surface area contributed by atoms with Crippen LogP contribution in [-0.2, 0) is 6.42 Å². The Bertz CT molecular complexity index is 4420. The average Bonchev–Trinajstić information content (AvgIpc) is 4.02. The van der Waals surface area contributed by atoms with Crippen LogP contribution < -0.4 is 9.80 Å². The molecule has 0 N–H and O–H groups in total. The molecule has 0 amide bonds. The first kappa shape index (κ1) is 42.3. The number of hydrogen-bond donors (Lipinski definition) is 0. The van der Waals surface area contributed by atoms with Crippen LogP contribution in [0.4, 0.5) is 22.7 Å². The summed E-state index contributed by atoms with van der Waals surface area (Å²) in [5, 5.41) is 9.72. The van der Waals surface area contributed by atoms with Crippen molar-refractivity contribution in [2.24, 2.45) is 0 Å². The van der Waals surface area contributed by atoms with Crippen LogP contribution in [0.2, 0.25) is 0 Å². The fraction of sp³-hybridized carbons (Fsp3) is 0.0571. The van der Waals surface area contributed by atoms with Crippen molar-refractivity contribution in [3.05, 3.63) is 277 Å². The number of furan rings is 1. The van der Waals surface area contributed by atoms with Gasteiger partial charge in [0.05, 0.1) is 28.5 Å². The maximum absolute atomic E-state index is 6.79. The van der Waals surface area contributed by atoms with Gasteiger partial charge in [0.25, 0.3) is 0 Å². The second kappa shape index (κ2) is 17.1. The fourth-order valence-corrected chi connectivity index (χ4v) is 12.5. The highest BCUT2D eigenvalue weighted by atomic mass is 16.3. The highest BCUT2D eigenvalue weighted by Gasteiger charge is 2.32. The summed E-state index contributed by atoms with van der Waals surface area (Å²) in [6, 6.07) is 89.0. The van der Waals surface area contributed by atoms with E-state index in [1.165, 1.54) is 88.1 Å². The predicted octanol–water partition coefficient (Wildman–Crippen LogP) is 19.0. The molecule has 0 saturated heterocycles. The molecule has 1 unspecified atom stereocenters. The van der Waals surface area contributed by atoms with Gasteiger partial charge >= 0.3 is 0 Å². The molecule has 0 saturated carbocycles. The van der Waals surface area contributed by atoms with Gasteiger partial charge in [-0.05, 0) is 142 Å². The van der Waals surface area contributed by atoms with Crippen molar-refractivity contribution in [1.82, 2.24) is 4.57 Å². The smallest absolute Gasteiger partial charge is 0.159 e. The van der Waals surface area contributed by atoms with Crippen molar-refractivity contribution in [1.29, 1.82) is 0 Å². The third kappa shape index (κ3) is 6.75. The molecular formula is C70H49N3O. The average molecular weight is 948 g/mol. The largest absolute Gasteiger partial charge is 0.454 e. The molecular weight excluding hydrogens is 899 g/mol. The lowest BCUT2D eigenvalue weighted by Gasteiger charge is -2.38. The van der Waals surface area contributed by atoms with E-state index < -0.39 is 0 Å². The summed E-state index contributed by atoms with van der Waals surface area (Å²) in [5.74, 6) is 0. The number of fused-ring (bicyclic) bond motifs is 12. The Morgan fingerprint density at radius 2 is 1.11 bits per heavy atom. The topological polar surface area (TPSA) is 24.6 Å². The van der Waals surface area contributed by atoms with E-state index in [0.717, 1.165) is 64.0 Å². The van der Waals surface area contributed by atoms with Gasteiger partial charge in [0, 0.05) is 49.7 Å². The summed E-state index contributed by atoms with van der Waals surface area (Å²) in [5.41, 5.74) is 19.0. The summed E-state index contributed by atoms with van der Waals surface area (Å²) in [4.78, 5) is 5.08. The monoisotopic (exact) mass is 947 g/mol. The summed E-state index contributed by atoms with van der Waals surface area (Å²) in [6.45, 7) is 0. The quantitative estimate of drug-likeness (QED) is 0.142. The zero-order valence-electron chi connectivity index (χ0n) is 40.7. The lowest BCUT2D eigenvalue weighted by molar-refractivity contribution is 0.652. The van der Waals surface area contributed by atoms with E-state index in [-0.39, 0.29) is 6.04 Å². The number of hydrogen-bond acceptors (Lipinski definition) is 3. The molecule has 15 rings (SSSR count). The Balaban J connectivity index is 0.856. The Hall–Kier alpha value is -9.38. The van der Waals surface area contributed by atoms with E-state index in [0.29, 0.717) is 0 Å². The number of benzene rings is 11. The second-order valence-corrected chi connectivity index (χ2v) is 19.9. The standard InChI is InChI=1S/C70H49N3O/c1-2-19-50(20-3-1)72-64-30-14-12-27-60(64)63-45-53(41-42-65(63)72)71(67-43-48-17-4-6-21-54(48)56-23-8-10-25-58(56)67)51-37-33-46(34-38-51)47-35-39-52(40-36-47)73(66-31-16-29-62-61-28-13-15-32-69(61)74-70(62)66)68-44-49-18-5-7-22-55(49)57-24-9-11-26-59(57)68/h1-33,35-37,39-43,45,68H,34,38,44H2. The summed E-state index contributed by atoms with van der Waals surface area (Å²) in [7, 11) is 0. The molecule has 4 heteroatoms. The van der Waals surface area contributed by atoms with Gasteiger partial charge in [-0.15, -0.1) is 0 Å². The van der Waals surface area contributed by atoms with Crippen molar-refractivity contribution in [3.8, 4) is 16.8 Å². The molecule has 0 aliphatic heterocycles. The van der Waals surface area contributed by atoms with Crippen molar-refractivity contribution in [2.75, 3.05) is 9.80 Å². The van der Waals surface area contributed by atoms with E-state index in [1.54, 1.807) is 0 Å². The van der Waals surface area contributed by atoms with Gasteiger partial charge in [-0.2, -0.15) is 0 Å². The molecule has 4 nitrogen and oxygen atoms in total. The predicted molar refractivity (Wildman–Crippen MR) is 310 cm³/mol. The maximum Gasteiger partial charge on any atom is 0.159 e. The van der Waals surface area contributed by atoms with E-state index in [2.05, 4.69) is 269 Å². The van der Waals surface area contributed by atoms with Crippen LogP contribution in [0.5, 0.6) is 0 Å². The van der Waals surface area contributed by atoms with Crippen LogP contribution in [0.1, 0.15) is 35.6 Å². The van der Waals surface area contributed by atoms with Crippen LogP contribution in [0.25, 0.3) is 87.7 Å². The van der Waals surface area contributed by atoms with Gasteiger partial charge in [-0.25, -0.2) is 0 Å². The molecule has 74 heavy (non-hydrogen) atoms. The zero-order valence-corrected chi connectivity index (χ0v) is 40.7. The Morgan fingerprint density at radius 3 is 1.96 bits per heavy atom. The first-order valence-electron chi connectivity index (χ1n) is 25.9. The third-order valence-electron chi connectivity index (χ3n) is 15.8. The molecule has 0 spiro atoms. The zero-order chi connectivity index (χ0) is 48.7. The van der Waals surface area contributed by atoms with Gasteiger partial charge in [-0.1, -0.05) is 182 Å². The molecule has 2 aliphatic carbocycles. The van der Waals surface area contributed by atoms with Crippen molar-refractivity contribution in [2.45, 2.75) is 25.3 Å². The molecule has 11 aromatic carbocycles. The van der Waals surface area contributed by atoms with Crippen molar-refractivity contribution >= 4 is 93.6 Å². The van der Waals surface area contributed by atoms with Crippen LogP contribution in [0.15, 0.2) is 265 Å². The normalized spacial score (nSPS) is 14.4. The minimum Gasteiger partial charge on any atom is -0.454 e. The molecule has 0 radical (unpaired) electrons. The van der Waals surface area contributed by atoms with E-state index >= 15 is 0 Å². The molecule has 1 atom stereocenters. The van der Waals surface area contributed by atoms with Crippen molar-refractivity contribution < 1.29 is 4.42 Å². The Kier molecular flexibility index (Phi) is 9.80.